The second-order valence-corrected chi connectivity index (χ2v) is 8.87. The van der Waals surface area contributed by atoms with Gasteiger partial charge in [-0.1, -0.05) is 24.3 Å². The molecule has 0 saturated heterocycles. The van der Waals surface area contributed by atoms with Crippen LogP contribution >= 0.6 is 0 Å². The van der Waals surface area contributed by atoms with Crippen LogP contribution in [-0.4, -0.2) is 31.2 Å². The summed E-state index contributed by atoms with van der Waals surface area (Å²) in [5.41, 5.74) is 31.2. The highest BCUT2D eigenvalue weighted by molar-refractivity contribution is 6.10. The molecule has 4 rings (SSSR count). The summed E-state index contributed by atoms with van der Waals surface area (Å²) in [5.74, 6) is 0. The van der Waals surface area contributed by atoms with E-state index in [1.54, 1.807) is 0 Å². The van der Waals surface area contributed by atoms with Crippen LogP contribution in [0.2, 0.25) is 0 Å². The molecule has 0 fully saturated rings. The zero-order valence-electron chi connectivity index (χ0n) is 20.3. The Hall–Kier alpha value is -3.80. The Morgan fingerprint density at radius 3 is 2.03 bits per heavy atom. The van der Waals surface area contributed by atoms with Crippen LogP contribution in [0.15, 0.2) is 66.7 Å². The number of quaternary nitrogens is 1. The molecule has 0 aliphatic rings. The quantitative estimate of drug-likeness (QED) is 0.0690. The van der Waals surface area contributed by atoms with Crippen molar-refractivity contribution in [3.63, 3.8) is 0 Å². The molecule has 7 nitrogen and oxygen atoms in total. The van der Waals surface area contributed by atoms with Gasteiger partial charge in [0.15, 0.2) is 6.54 Å². The molecule has 4 aromatic rings. The standard InChI is InChI=1S/C27H33N4.N3/c1-4-31(3,5-2)17-9-16-30-26-19-22(29)13-15-24(26)23-14-12-21(28)18-25(23)27(30)20-10-7-6-8-11-20;1-3-2/h6-8,10-15,18-19,29H,4-5,9,16-17,28H2,1-3H3;/q+1;-1/p+1. The number of aromatic nitrogens is 1. The lowest BCUT2D eigenvalue weighted by Gasteiger charge is -2.31. The van der Waals surface area contributed by atoms with Crippen molar-refractivity contribution < 1.29 is 9.05 Å². The van der Waals surface area contributed by atoms with Crippen molar-refractivity contribution in [3.05, 3.63) is 82.7 Å². The van der Waals surface area contributed by atoms with E-state index >= 15 is 0 Å². The molecule has 4 N–H and O–H groups in total. The van der Waals surface area contributed by atoms with E-state index < -0.39 is 0 Å². The number of nitrogen functional groups attached to an aromatic ring is 2. The largest absolute Gasteiger partial charge is 0.399 e. The third kappa shape index (κ3) is 5.22. The van der Waals surface area contributed by atoms with Gasteiger partial charge in [-0.3, -0.25) is 4.91 Å². The highest BCUT2D eigenvalue weighted by atomic mass is 15.3. The highest BCUT2D eigenvalue weighted by Gasteiger charge is 2.25. The maximum absolute atomic E-state index is 6.75. The fraction of sp³-hybridized carbons (Fsp3) is 0.296. The van der Waals surface area contributed by atoms with Gasteiger partial charge < -0.3 is 27.0 Å². The van der Waals surface area contributed by atoms with Crippen molar-refractivity contribution in [1.29, 1.82) is 0 Å². The molecule has 3 aromatic carbocycles. The van der Waals surface area contributed by atoms with Crippen molar-refractivity contribution >= 4 is 33.1 Å². The molecule has 0 spiro atoms. The van der Waals surface area contributed by atoms with Gasteiger partial charge in [-0.05, 0) is 50.2 Å². The van der Waals surface area contributed by atoms with Crippen LogP contribution < -0.4 is 16.0 Å². The maximum Gasteiger partial charge on any atom is 0.220 e. The van der Waals surface area contributed by atoms with E-state index in [1.807, 2.05) is 12.1 Å². The SMILES string of the molecule is CC[N+](C)(CC)CCC[n+]1c(-c2ccccc2)c2cc(N)ccc2c2ccc(N)cc21.[N-]=[N+]=[N-]. The molecule has 0 saturated carbocycles. The van der Waals surface area contributed by atoms with Crippen LogP contribution in [0.5, 0.6) is 0 Å². The summed E-state index contributed by atoms with van der Waals surface area (Å²) >= 11 is 0. The second kappa shape index (κ2) is 10.9. The smallest absolute Gasteiger partial charge is 0.220 e. The fourth-order valence-corrected chi connectivity index (χ4v) is 4.55. The van der Waals surface area contributed by atoms with Gasteiger partial charge >= 0.3 is 0 Å². The average molecular weight is 457 g/mol. The number of fused-ring (bicyclic) bond motifs is 3. The van der Waals surface area contributed by atoms with Crippen LogP contribution in [0.3, 0.4) is 0 Å². The van der Waals surface area contributed by atoms with E-state index in [2.05, 4.69) is 80.1 Å². The predicted octanol–water partition coefficient (Wildman–Crippen LogP) is 5.85. The Morgan fingerprint density at radius 2 is 1.41 bits per heavy atom. The lowest BCUT2D eigenvalue weighted by atomic mass is 9.98. The molecule has 0 amide bonds. The number of pyridine rings is 1. The van der Waals surface area contributed by atoms with Gasteiger partial charge in [0.1, 0.15) is 0 Å². The fourth-order valence-electron chi connectivity index (χ4n) is 4.55. The Morgan fingerprint density at radius 1 is 0.824 bits per heavy atom. The van der Waals surface area contributed by atoms with Gasteiger partial charge in [0, 0.05) is 28.4 Å². The molecule has 0 radical (unpaired) electrons. The minimum absolute atomic E-state index is 0.784. The first-order valence-corrected chi connectivity index (χ1v) is 11.7. The summed E-state index contributed by atoms with van der Waals surface area (Å²) < 4.78 is 3.54. The third-order valence-electron chi connectivity index (χ3n) is 6.83. The van der Waals surface area contributed by atoms with Gasteiger partial charge in [-0.15, -0.1) is 0 Å². The van der Waals surface area contributed by atoms with Gasteiger partial charge in [-0.2, -0.15) is 4.57 Å². The Labute approximate surface area is 201 Å². The van der Waals surface area contributed by atoms with Crippen molar-refractivity contribution in [2.24, 2.45) is 0 Å². The number of hydrogen-bond donors (Lipinski definition) is 2. The molecular formula is C27H34N7+. The van der Waals surface area contributed by atoms with Gasteiger partial charge in [0.25, 0.3) is 0 Å². The number of hydrogen-bond acceptors (Lipinski definition) is 2. The molecule has 0 aliphatic heterocycles. The summed E-state index contributed by atoms with van der Waals surface area (Å²) in [5, 5.41) is 3.61. The monoisotopic (exact) mass is 456 g/mol. The zero-order chi connectivity index (χ0) is 24.7. The first-order chi connectivity index (χ1) is 16.4. The number of rotatable bonds is 7. The van der Waals surface area contributed by atoms with E-state index in [0.717, 1.165) is 48.5 Å². The van der Waals surface area contributed by atoms with Crippen LogP contribution in [0.1, 0.15) is 20.3 Å². The van der Waals surface area contributed by atoms with E-state index in [1.165, 1.54) is 37.8 Å². The Kier molecular flexibility index (Phi) is 7.95. The number of aryl methyl sites for hydroxylation is 1. The van der Waals surface area contributed by atoms with Gasteiger partial charge in [-0.25, -0.2) is 0 Å². The minimum Gasteiger partial charge on any atom is -0.399 e. The van der Waals surface area contributed by atoms with E-state index in [9.17, 15) is 0 Å². The number of nitrogens with zero attached hydrogens (tertiary/aromatic N) is 5. The normalized spacial score (nSPS) is 11.1. The molecule has 1 aromatic heterocycles. The molecule has 0 unspecified atom stereocenters. The zero-order valence-corrected chi connectivity index (χ0v) is 20.3. The summed E-state index contributed by atoms with van der Waals surface area (Å²) in [6.45, 7) is 8.93. The lowest BCUT2D eigenvalue weighted by molar-refractivity contribution is -0.908. The van der Waals surface area contributed by atoms with Crippen molar-refractivity contribution in [1.82, 2.24) is 0 Å². The molecular weight excluding hydrogens is 422 g/mol. The number of nitrogens with two attached hydrogens (primary N) is 2. The average Bonchev–Trinajstić information content (AvgIpc) is 2.84. The summed E-state index contributed by atoms with van der Waals surface area (Å²) in [7, 11) is 2.35. The Balaban J connectivity index is 0.00000103. The van der Waals surface area contributed by atoms with Crippen molar-refractivity contribution in [2.75, 3.05) is 38.1 Å². The highest BCUT2D eigenvalue weighted by Crippen LogP contribution is 2.33. The molecule has 0 aliphatic carbocycles. The van der Waals surface area contributed by atoms with Crippen LogP contribution in [0.25, 0.3) is 48.9 Å². The predicted molar refractivity (Wildman–Crippen MR) is 143 cm³/mol. The van der Waals surface area contributed by atoms with E-state index in [4.69, 9.17) is 22.5 Å². The molecule has 0 atom stereocenters. The van der Waals surface area contributed by atoms with Crippen molar-refractivity contribution in [2.45, 2.75) is 26.8 Å². The summed E-state index contributed by atoms with van der Waals surface area (Å²) in [4.78, 5) is 1.50. The Bertz CT molecular complexity index is 1310. The van der Waals surface area contributed by atoms with E-state index in [-0.39, 0.29) is 0 Å². The molecule has 176 valence electrons. The van der Waals surface area contributed by atoms with Crippen LogP contribution in [-0.2, 0) is 6.54 Å². The third-order valence-corrected chi connectivity index (χ3v) is 6.83. The molecule has 7 heteroatoms. The number of anilines is 2. The lowest BCUT2D eigenvalue weighted by Crippen LogP contribution is -2.46. The van der Waals surface area contributed by atoms with Crippen molar-refractivity contribution in [3.8, 4) is 11.3 Å². The van der Waals surface area contributed by atoms with Gasteiger partial charge in [0.05, 0.1) is 43.9 Å². The summed E-state index contributed by atoms with van der Waals surface area (Å²) in [6, 6.07) is 23.1. The maximum atomic E-state index is 6.75. The van der Waals surface area contributed by atoms with Gasteiger partial charge in [0.2, 0.25) is 11.2 Å². The molecule has 0 bridgehead atoms. The first kappa shape index (κ1) is 24.8. The summed E-state index contributed by atoms with van der Waals surface area (Å²) in [6.07, 6.45) is 1.10. The topological polar surface area (TPSA) is 115 Å². The second-order valence-electron chi connectivity index (χ2n) is 8.87. The van der Waals surface area contributed by atoms with Crippen LogP contribution in [0.4, 0.5) is 11.4 Å². The first-order valence-electron chi connectivity index (χ1n) is 11.7. The molecule has 1 heterocycles. The minimum atomic E-state index is 0.784. The number of benzene rings is 3. The van der Waals surface area contributed by atoms with Crippen LogP contribution in [0, 0.1) is 0 Å². The van der Waals surface area contributed by atoms with E-state index in [0.29, 0.717) is 0 Å². The molecule has 34 heavy (non-hydrogen) atoms.